The van der Waals surface area contributed by atoms with Crippen LogP contribution >= 0.6 is 11.8 Å². The monoisotopic (exact) mass is 421 g/mol. The van der Waals surface area contributed by atoms with Crippen molar-refractivity contribution in [2.24, 2.45) is 0 Å². The maximum atomic E-state index is 13.5. The highest BCUT2D eigenvalue weighted by Crippen LogP contribution is 2.32. The molecule has 0 unspecified atom stereocenters. The van der Waals surface area contributed by atoms with Crippen LogP contribution in [0.4, 0.5) is 4.39 Å². The van der Waals surface area contributed by atoms with Crippen LogP contribution in [0.25, 0.3) is 0 Å². The maximum Gasteiger partial charge on any atom is 0.261 e. The molecular weight excluding hydrogens is 401 g/mol. The number of imide groups is 1. The first-order valence-electron chi connectivity index (χ1n) is 9.52. The lowest BCUT2D eigenvalue weighted by Crippen LogP contribution is -2.39. The molecule has 4 nitrogen and oxygen atoms in total. The van der Waals surface area contributed by atoms with Gasteiger partial charge in [0.15, 0.2) is 0 Å². The van der Waals surface area contributed by atoms with Crippen LogP contribution < -0.4 is 0 Å². The van der Waals surface area contributed by atoms with E-state index in [-0.39, 0.29) is 12.4 Å². The first-order chi connectivity index (χ1) is 14.5. The lowest BCUT2D eigenvalue weighted by atomic mass is 9.86. The summed E-state index contributed by atoms with van der Waals surface area (Å²) >= 11 is 1.57. The van der Waals surface area contributed by atoms with Crippen molar-refractivity contribution in [2.75, 3.05) is 12.8 Å². The SMILES string of the molecule is CSc1cccc([C@H](c2ccc(F)cc2)[C@@H](O)CN2C(=O)c3ccccc3C2=O)c1. The molecule has 3 aromatic rings. The molecule has 1 aliphatic rings. The van der Waals surface area contributed by atoms with Gasteiger partial charge in [-0.05, 0) is 53.8 Å². The van der Waals surface area contributed by atoms with Crippen molar-refractivity contribution in [1.29, 1.82) is 0 Å². The molecule has 0 radical (unpaired) electrons. The van der Waals surface area contributed by atoms with E-state index in [1.165, 1.54) is 12.1 Å². The Morgan fingerprint density at radius 2 is 1.53 bits per heavy atom. The van der Waals surface area contributed by atoms with Gasteiger partial charge in [0.1, 0.15) is 5.82 Å². The van der Waals surface area contributed by atoms with Crippen molar-refractivity contribution < 1.29 is 19.1 Å². The summed E-state index contributed by atoms with van der Waals surface area (Å²) in [7, 11) is 0. The molecule has 1 aliphatic heterocycles. The van der Waals surface area contributed by atoms with Crippen molar-refractivity contribution in [1.82, 2.24) is 4.90 Å². The molecule has 2 amide bonds. The average Bonchev–Trinajstić information content (AvgIpc) is 3.00. The zero-order valence-corrected chi connectivity index (χ0v) is 17.1. The molecule has 152 valence electrons. The summed E-state index contributed by atoms with van der Waals surface area (Å²) in [5.41, 5.74) is 2.23. The van der Waals surface area contributed by atoms with Gasteiger partial charge in [0, 0.05) is 10.8 Å². The largest absolute Gasteiger partial charge is 0.390 e. The van der Waals surface area contributed by atoms with Gasteiger partial charge in [-0.25, -0.2) is 4.39 Å². The second-order valence-electron chi connectivity index (χ2n) is 7.14. The number of hydrogen-bond donors (Lipinski definition) is 1. The Morgan fingerprint density at radius 1 is 0.900 bits per heavy atom. The lowest BCUT2D eigenvalue weighted by Gasteiger charge is -2.27. The number of amides is 2. The third kappa shape index (κ3) is 3.76. The summed E-state index contributed by atoms with van der Waals surface area (Å²) in [5, 5.41) is 11.2. The van der Waals surface area contributed by atoms with Gasteiger partial charge in [-0.3, -0.25) is 14.5 Å². The fourth-order valence-corrected chi connectivity index (χ4v) is 4.31. The van der Waals surface area contributed by atoms with Gasteiger partial charge >= 0.3 is 0 Å². The van der Waals surface area contributed by atoms with Crippen LogP contribution in [0.2, 0.25) is 0 Å². The molecule has 0 aliphatic carbocycles. The highest BCUT2D eigenvalue weighted by Gasteiger charge is 2.38. The van der Waals surface area contributed by atoms with E-state index in [1.54, 1.807) is 48.2 Å². The molecule has 1 heterocycles. The Bertz CT molecular complexity index is 1060. The first kappa shape index (κ1) is 20.3. The van der Waals surface area contributed by atoms with Gasteiger partial charge in [0.05, 0.1) is 23.8 Å². The van der Waals surface area contributed by atoms with E-state index in [2.05, 4.69) is 0 Å². The molecular formula is C24H20FNO3S. The van der Waals surface area contributed by atoms with Crippen LogP contribution in [0.15, 0.2) is 77.7 Å². The molecule has 0 fully saturated rings. The highest BCUT2D eigenvalue weighted by atomic mass is 32.2. The molecule has 0 bridgehead atoms. The summed E-state index contributed by atoms with van der Waals surface area (Å²) < 4.78 is 13.5. The zero-order chi connectivity index (χ0) is 21.3. The number of carbonyl (C=O) groups is 2. The number of hydrogen-bond acceptors (Lipinski definition) is 4. The fraction of sp³-hybridized carbons (Fsp3) is 0.167. The van der Waals surface area contributed by atoms with Crippen LogP contribution in [0.5, 0.6) is 0 Å². The predicted octanol–water partition coefficient (Wildman–Crippen LogP) is 4.34. The van der Waals surface area contributed by atoms with Crippen molar-refractivity contribution in [2.45, 2.75) is 16.9 Å². The number of β-amino-alcohol motifs (C(OH)–C–C–N with tert-alkyl or cyclic N) is 1. The summed E-state index contributed by atoms with van der Waals surface area (Å²) in [6.45, 7) is -0.155. The van der Waals surface area contributed by atoms with Crippen molar-refractivity contribution in [3.63, 3.8) is 0 Å². The maximum absolute atomic E-state index is 13.5. The number of benzene rings is 3. The molecule has 3 aromatic carbocycles. The molecule has 0 aromatic heterocycles. The fourth-order valence-electron chi connectivity index (χ4n) is 3.84. The minimum atomic E-state index is -1.06. The van der Waals surface area contributed by atoms with Crippen molar-refractivity contribution >= 4 is 23.6 Å². The number of aliphatic hydroxyl groups is 1. The topological polar surface area (TPSA) is 57.6 Å². The molecule has 1 N–H and O–H groups in total. The predicted molar refractivity (Wildman–Crippen MR) is 114 cm³/mol. The summed E-state index contributed by atoms with van der Waals surface area (Å²) in [4.78, 5) is 27.6. The lowest BCUT2D eigenvalue weighted by molar-refractivity contribution is 0.0522. The van der Waals surface area contributed by atoms with Crippen LogP contribution in [0.3, 0.4) is 0 Å². The minimum Gasteiger partial charge on any atom is -0.390 e. The van der Waals surface area contributed by atoms with E-state index in [0.717, 1.165) is 15.4 Å². The van der Waals surface area contributed by atoms with Crippen molar-refractivity contribution in [3.05, 3.63) is 101 Å². The number of halogens is 1. The third-order valence-corrected chi connectivity index (χ3v) is 6.04. The van der Waals surface area contributed by atoms with Gasteiger partial charge in [-0.15, -0.1) is 11.8 Å². The standard InChI is InChI=1S/C24H20FNO3S/c1-30-18-6-4-5-16(13-18)22(15-9-11-17(25)12-10-15)21(27)14-26-23(28)19-7-2-3-8-20(19)24(26)29/h2-13,21-22,27H,14H2,1H3/t21-,22-/m0/s1. The molecule has 0 saturated carbocycles. The van der Waals surface area contributed by atoms with Gasteiger partial charge in [0.25, 0.3) is 11.8 Å². The molecule has 4 rings (SSSR count). The number of fused-ring (bicyclic) bond motifs is 1. The Kier molecular flexibility index (Phi) is 5.70. The van der Waals surface area contributed by atoms with E-state index >= 15 is 0 Å². The quantitative estimate of drug-likeness (QED) is 0.475. The van der Waals surface area contributed by atoms with E-state index in [0.29, 0.717) is 16.7 Å². The number of nitrogens with zero attached hydrogens (tertiary/aromatic N) is 1. The van der Waals surface area contributed by atoms with E-state index in [1.807, 2.05) is 30.5 Å². The Labute approximate surface area is 178 Å². The van der Waals surface area contributed by atoms with Gasteiger partial charge in [0.2, 0.25) is 0 Å². The first-order valence-corrected chi connectivity index (χ1v) is 10.7. The highest BCUT2D eigenvalue weighted by molar-refractivity contribution is 7.98. The zero-order valence-electron chi connectivity index (χ0n) is 16.3. The van der Waals surface area contributed by atoms with Gasteiger partial charge in [-0.1, -0.05) is 36.4 Å². The molecule has 30 heavy (non-hydrogen) atoms. The second-order valence-corrected chi connectivity index (χ2v) is 8.02. The number of carbonyl (C=O) groups excluding carboxylic acids is 2. The molecule has 6 heteroatoms. The van der Waals surface area contributed by atoms with Gasteiger partial charge < -0.3 is 5.11 Å². The smallest absolute Gasteiger partial charge is 0.261 e. The van der Waals surface area contributed by atoms with Crippen LogP contribution in [-0.4, -0.2) is 40.7 Å². The summed E-state index contributed by atoms with van der Waals surface area (Å²) in [6.07, 6.45) is 0.899. The Balaban J connectivity index is 1.68. The molecule has 0 saturated heterocycles. The number of thioether (sulfide) groups is 1. The van der Waals surface area contributed by atoms with Crippen LogP contribution in [0, 0.1) is 5.82 Å². The van der Waals surface area contributed by atoms with Gasteiger partial charge in [-0.2, -0.15) is 0 Å². The van der Waals surface area contributed by atoms with E-state index < -0.39 is 23.8 Å². The van der Waals surface area contributed by atoms with Crippen LogP contribution in [-0.2, 0) is 0 Å². The number of rotatable bonds is 6. The van der Waals surface area contributed by atoms with Crippen molar-refractivity contribution in [3.8, 4) is 0 Å². The van der Waals surface area contributed by atoms with E-state index in [4.69, 9.17) is 0 Å². The summed E-state index contributed by atoms with van der Waals surface area (Å²) in [6, 6.07) is 20.3. The third-order valence-electron chi connectivity index (χ3n) is 5.31. The Morgan fingerprint density at radius 3 is 2.13 bits per heavy atom. The van der Waals surface area contributed by atoms with Crippen LogP contribution in [0.1, 0.15) is 37.8 Å². The average molecular weight is 421 g/mol. The molecule has 0 spiro atoms. The molecule has 2 atom stereocenters. The van der Waals surface area contributed by atoms with E-state index in [9.17, 15) is 19.1 Å². The second kappa shape index (κ2) is 8.42. The summed E-state index contributed by atoms with van der Waals surface area (Å²) in [5.74, 6) is -1.72. The minimum absolute atomic E-state index is 0.155. The normalized spacial score (nSPS) is 15.2. The number of aliphatic hydroxyl groups excluding tert-OH is 1. The Hall–Kier alpha value is -2.96.